The van der Waals surface area contributed by atoms with Crippen LogP contribution >= 0.6 is 11.6 Å². The molecule has 6 heteroatoms. The Morgan fingerprint density at radius 2 is 1.85 bits per heavy atom. The molecule has 0 unspecified atom stereocenters. The van der Waals surface area contributed by atoms with E-state index >= 15 is 0 Å². The Hall–Kier alpha value is -1.72. The molecular formula is C14H14ClNO3S. The maximum Gasteiger partial charge on any atom is 0.263 e. The monoisotopic (exact) mass is 311 g/mol. The number of anilines is 1. The summed E-state index contributed by atoms with van der Waals surface area (Å²) < 4.78 is 32.2. The average molecular weight is 312 g/mol. The second-order valence-electron chi connectivity index (χ2n) is 4.22. The minimum atomic E-state index is -3.73. The zero-order chi connectivity index (χ0) is 14.8. The first kappa shape index (κ1) is 14.7. The van der Waals surface area contributed by atoms with Crippen LogP contribution in [0.5, 0.6) is 5.75 Å². The van der Waals surface area contributed by atoms with E-state index in [9.17, 15) is 8.42 Å². The summed E-state index contributed by atoms with van der Waals surface area (Å²) >= 11 is 6.00. The van der Waals surface area contributed by atoms with Crippen LogP contribution in [0, 0.1) is 6.92 Å². The highest BCUT2D eigenvalue weighted by molar-refractivity contribution is 7.92. The number of nitrogens with one attached hydrogen (secondary N) is 1. The van der Waals surface area contributed by atoms with Gasteiger partial charge >= 0.3 is 0 Å². The second kappa shape index (κ2) is 5.73. The first-order valence-electron chi connectivity index (χ1n) is 5.86. The van der Waals surface area contributed by atoms with Crippen LogP contribution in [-0.2, 0) is 10.0 Å². The highest BCUT2D eigenvalue weighted by Gasteiger charge is 2.19. The number of benzene rings is 2. The van der Waals surface area contributed by atoms with Crippen molar-refractivity contribution >= 4 is 27.3 Å². The van der Waals surface area contributed by atoms with Crippen LogP contribution in [0.15, 0.2) is 47.4 Å². The van der Waals surface area contributed by atoms with Gasteiger partial charge in [-0.25, -0.2) is 8.42 Å². The maximum atomic E-state index is 12.3. The van der Waals surface area contributed by atoms with Crippen LogP contribution in [0.2, 0.25) is 5.02 Å². The fourth-order valence-corrected chi connectivity index (χ4v) is 3.38. The Morgan fingerprint density at radius 3 is 2.45 bits per heavy atom. The molecule has 0 bridgehead atoms. The Kier molecular flexibility index (Phi) is 4.20. The summed E-state index contributed by atoms with van der Waals surface area (Å²) in [7, 11) is -2.24. The van der Waals surface area contributed by atoms with Crippen molar-refractivity contribution in [2.24, 2.45) is 0 Å². The Labute approximate surface area is 123 Å². The maximum absolute atomic E-state index is 12.3. The van der Waals surface area contributed by atoms with Crippen LogP contribution < -0.4 is 9.46 Å². The van der Waals surface area contributed by atoms with E-state index in [0.717, 1.165) is 5.56 Å². The van der Waals surface area contributed by atoms with Gasteiger partial charge in [-0.1, -0.05) is 29.8 Å². The lowest BCUT2D eigenvalue weighted by Gasteiger charge is -2.12. The van der Waals surface area contributed by atoms with Crippen molar-refractivity contribution in [2.45, 2.75) is 11.8 Å². The summed E-state index contributed by atoms with van der Waals surface area (Å²) in [6.45, 7) is 1.83. The van der Waals surface area contributed by atoms with Gasteiger partial charge in [-0.15, -0.1) is 0 Å². The number of halogens is 1. The van der Waals surface area contributed by atoms with Crippen molar-refractivity contribution in [3.05, 3.63) is 53.1 Å². The van der Waals surface area contributed by atoms with Crippen LogP contribution in [0.25, 0.3) is 0 Å². The molecule has 0 aromatic heterocycles. The number of sulfonamides is 1. The van der Waals surface area contributed by atoms with Gasteiger partial charge in [0.15, 0.2) is 0 Å². The second-order valence-corrected chi connectivity index (χ2v) is 6.27. The summed E-state index contributed by atoms with van der Waals surface area (Å²) in [5, 5.41) is 0.116. The number of ether oxygens (including phenoxy) is 1. The van der Waals surface area contributed by atoms with Gasteiger partial charge in [0.1, 0.15) is 10.6 Å². The predicted octanol–water partition coefficient (Wildman–Crippen LogP) is 3.46. The molecule has 0 aliphatic heterocycles. The summed E-state index contributed by atoms with van der Waals surface area (Å²) in [5.74, 6) is 0.504. The molecule has 1 N–H and O–H groups in total. The summed E-state index contributed by atoms with van der Waals surface area (Å²) in [4.78, 5) is 0.0169. The first-order valence-corrected chi connectivity index (χ1v) is 7.72. The van der Waals surface area contributed by atoms with E-state index < -0.39 is 10.0 Å². The zero-order valence-corrected chi connectivity index (χ0v) is 12.6. The summed E-state index contributed by atoms with van der Waals surface area (Å²) in [5.41, 5.74) is 1.36. The number of para-hydroxylation sites is 1. The van der Waals surface area contributed by atoms with Crippen LogP contribution in [-0.4, -0.2) is 15.5 Å². The first-order chi connectivity index (χ1) is 9.44. The SMILES string of the molecule is COc1ccc(S(=O)(=O)Nc2ccccc2C)c(Cl)c1. The van der Waals surface area contributed by atoms with E-state index in [1.807, 2.05) is 19.1 Å². The number of hydrogen-bond acceptors (Lipinski definition) is 3. The van der Waals surface area contributed by atoms with Gasteiger partial charge in [0.2, 0.25) is 0 Å². The van der Waals surface area contributed by atoms with E-state index in [2.05, 4.69) is 4.72 Å². The number of rotatable bonds is 4. The highest BCUT2D eigenvalue weighted by atomic mass is 35.5. The molecule has 0 spiro atoms. The van der Waals surface area contributed by atoms with Gasteiger partial charge in [0.25, 0.3) is 10.0 Å². The van der Waals surface area contributed by atoms with E-state index in [-0.39, 0.29) is 9.92 Å². The minimum absolute atomic E-state index is 0.0169. The smallest absolute Gasteiger partial charge is 0.263 e. The fraction of sp³-hybridized carbons (Fsp3) is 0.143. The highest BCUT2D eigenvalue weighted by Crippen LogP contribution is 2.28. The molecule has 2 rings (SSSR count). The molecule has 0 atom stereocenters. The zero-order valence-electron chi connectivity index (χ0n) is 11.1. The Morgan fingerprint density at radius 1 is 1.15 bits per heavy atom. The average Bonchev–Trinajstić information content (AvgIpc) is 2.40. The van der Waals surface area contributed by atoms with E-state index in [1.54, 1.807) is 18.2 Å². The van der Waals surface area contributed by atoms with Gasteiger partial charge in [-0.2, -0.15) is 0 Å². The Balaban J connectivity index is 2.39. The number of hydrogen-bond donors (Lipinski definition) is 1. The predicted molar refractivity (Wildman–Crippen MR) is 80.0 cm³/mol. The van der Waals surface area contributed by atoms with E-state index in [4.69, 9.17) is 16.3 Å². The van der Waals surface area contributed by atoms with E-state index in [1.165, 1.54) is 19.2 Å². The fourth-order valence-electron chi connectivity index (χ4n) is 1.71. The number of methoxy groups -OCH3 is 1. The van der Waals surface area contributed by atoms with Crippen molar-refractivity contribution in [1.29, 1.82) is 0 Å². The molecule has 0 fully saturated rings. The molecule has 106 valence electrons. The molecular weight excluding hydrogens is 298 g/mol. The third-order valence-corrected chi connectivity index (χ3v) is 4.67. The van der Waals surface area contributed by atoms with Gasteiger partial charge in [-0.3, -0.25) is 4.72 Å². The molecule has 0 saturated heterocycles. The van der Waals surface area contributed by atoms with Gasteiger partial charge < -0.3 is 4.74 Å². The molecule has 0 heterocycles. The molecule has 4 nitrogen and oxygen atoms in total. The standard InChI is InChI=1S/C14H14ClNO3S/c1-10-5-3-4-6-13(10)16-20(17,18)14-8-7-11(19-2)9-12(14)15/h3-9,16H,1-2H3. The van der Waals surface area contributed by atoms with Crippen molar-refractivity contribution in [3.8, 4) is 5.75 Å². The van der Waals surface area contributed by atoms with Crippen molar-refractivity contribution in [3.63, 3.8) is 0 Å². The van der Waals surface area contributed by atoms with Crippen LogP contribution in [0.3, 0.4) is 0 Å². The molecule has 2 aromatic rings. The molecule has 2 aromatic carbocycles. The van der Waals surface area contributed by atoms with Crippen molar-refractivity contribution in [2.75, 3.05) is 11.8 Å². The molecule has 20 heavy (non-hydrogen) atoms. The lowest BCUT2D eigenvalue weighted by molar-refractivity contribution is 0.414. The molecule has 0 amide bonds. The van der Waals surface area contributed by atoms with Crippen molar-refractivity contribution in [1.82, 2.24) is 0 Å². The normalized spacial score (nSPS) is 11.2. The minimum Gasteiger partial charge on any atom is -0.497 e. The molecule has 0 saturated carbocycles. The molecule has 0 radical (unpaired) electrons. The van der Waals surface area contributed by atoms with Crippen molar-refractivity contribution < 1.29 is 13.2 Å². The topological polar surface area (TPSA) is 55.4 Å². The van der Waals surface area contributed by atoms with Gasteiger partial charge in [0.05, 0.1) is 17.8 Å². The Bertz CT molecular complexity index is 729. The van der Waals surface area contributed by atoms with Gasteiger partial charge in [0, 0.05) is 6.07 Å². The van der Waals surface area contributed by atoms with E-state index in [0.29, 0.717) is 11.4 Å². The third-order valence-electron chi connectivity index (χ3n) is 2.82. The lowest BCUT2D eigenvalue weighted by atomic mass is 10.2. The molecule has 0 aliphatic carbocycles. The van der Waals surface area contributed by atoms with Crippen LogP contribution in [0.1, 0.15) is 5.56 Å². The lowest BCUT2D eigenvalue weighted by Crippen LogP contribution is -2.14. The number of aryl methyl sites for hydroxylation is 1. The van der Waals surface area contributed by atoms with Crippen LogP contribution in [0.4, 0.5) is 5.69 Å². The van der Waals surface area contributed by atoms with Gasteiger partial charge in [-0.05, 0) is 30.7 Å². The molecule has 0 aliphatic rings. The largest absolute Gasteiger partial charge is 0.497 e. The summed E-state index contributed by atoms with van der Waals surface area (Å²) in [6.07, 6.45) is 0. The summed E-state index contributed by atoms with van der Waals surface area (Å²) in [6, 6.07) is 11.6. The third kappa shape index (κ3) is 3.05. The quantitative estimate of drug-likeness (QED) is 0.940.